The maximum absolute atomic E-state index is 11.3. The van der Waals surface area contributed by atoms with Crippen LogP contribution in [0.25, 0.3) is 0 Å². The monoisotopic (exact) mass is 263 g/mol. The molecule has 2 rings (SSSR count). The standard InChI is InChI=1S/C14H9N5O/c15-5-11(6-16)13(7-17)19-12-2-1-9-8-18-14(20)4-10(9)3-12/h1-3,19H,4,8H2,(H,18,20). The third-order valence-electron chi connectivity index (χ3n) is 2.89. The quantitative estimate of drug-likeness (QED) is 0.775. The largest absolute Gasteiger partial charge is 0.352 e. The summed E-state index contributed by atoms with van der Waals surface area (Å²) >= 11 is 0. The molecule has 1 aromatic rings. The summed E-state index contributed by atoms with van der Waals surface area (Å²) in [6, 6.07) is 10.4. The van der Waals surface area contributed by atoms with Crippen molar-refractivity contribution in [2.24, 2.45) is 0 Å². The van der Waals surface area contributed by atoms with Gasteiger partial charge in [0.05, 0.1) is 6.42 Å². The van der Waals surface area contributed by atoms with Crippen LogP contribution in [0, 0.1) is 34.0 Å². The average Bonchev–Trinajstić information content (AvgIpc) is 2.46. The summed E-state index contributed by atoms with van der Waals surface area (Å²) in [5, 5.41) is 32.0. The lowest BCUT2D eigenvalue weighted by molar-refractivity contribution is -0.121. The maximum Gasteiger partial charge on any atom is 0.224 e. The van der Waals surface area contributed by atoms with Crippen LogP contribution in [0.1, 0.15) is 11.1 Å². The number of amides is 1. The average molecular weight is 263 g/mol. The molecule has 0 saturated carbocycles. The molecule has 0 unspecified atom stereocenters. The summed E-state index contributed by atoms with van der Waals surface area (Å²) in [5.74, 6) is -0.0552. The van der Waals surface area contributed by atoms with Gasteiger partial charge in [0.1, 0.15) is 23.9 Å². The molecule has 0 spiro atoms. The second-order valence-electron chi connectivity index (χ2n) is 4.15. The van der Waals surface area contributed by atoms with Crippen molar-refractivity contribution in [3.05, 3.63) is 40.6 Å². The molecule has 0 atom stereocenters. The Morgan fingerprint density at radius 3 is 2.55 bits per heavy atom. The summed E-state index contributed by atoms with van der Waals surface area (Å²) in [6.07, 6.45) is 0.278. The first-order valence-electron chi connectivity index (χ1n) is 5.78. The number of nitrogens with zero attached hydrogens (tertiary/aromatic N) is 3. The van der Waals surface area contributed by atoms with Crippen LogP contribution in [0.15, 0.2) is 29.5 Å². The first kappa shape index (κ1) is 13.1. The number of hydrogen-bond acceptors (Lipinski definition) is 5. The molecule has 1 aliphatic rings. The van der Waals surface area contributed by atoms with Crippen molar-refractivity contribution in [3.63, 3.8) is 0 Å². The Balaban J connectivity index is 2.33. The van der Waals surface area contributed by atoms with Crippen molar-refractivity contribution in [2.75, 3.05) is 5.32 Å². The highest BCUT2D eigenvalue weighted by atomic mass is 16.1. The van der Waals surface area contributed by atoms with Crippen LogP contribution in [0.3, 0.4) is 0 Å². The first-order valence-corrected chi connectivity index (χ1v) is 5.78. The summed E-state index contributed by atoms with van der Waals surface area (Å²) in [5.41, 5.74) is 2.07. The van der Waals surface area contributed by atoms with Gasteiger partial charge in [0.15, 0.2) is 5.57 Å². The van der Waals surface area contributed by atoms with Gasteiger partial charge in [-0.25, -0.2) is 0 Å². The van der Waals surface area contributed by atoms with E-state index in [1.807, 2.05) is 6.07 Å². The molecule has 1 heterocycles. The second-order valence-corrected chi connectivity index (χ2v) is 4.15. The Hall–Kier alpha value is -3.30. The number of hydrogen-bond donors (Lipinski definition) is 2. The van der Waals surface area contributed by atoms with E-state index in [9.17, 15) is 4.79 Å². The van der Waals surface area contributed by atoms with Crippen molar-refractivity contribution in [3.8, 4) is 18.2 Å². The molecule has 1 aliphatic heterocycles. The third kappa shape index (κ3) is 2.58. The van der Waals surface area contributed by atoms with Gasteiger partial charge in [0.25, 0.3) is 0 Å². The van der Waals surface area contributed by atoms with Gasteiger partial charge in [-0.05, 0) is 23.3 Å². The second kappa shape index (κ2) is 5.56. The molecule has 0 aliphatic carbocycles. The van der Waals surface area contributed by atoms with Crippen LogP contribution in [0.5, 0.6) is 0 Å². The van der Waals surface area contributed by atoms with Crippen LogP contribution in [0.2, 0.25) is 0 Å². The molecular formula is C14H9N5O. The fourth-order valence-corrected chi connectivity index (χ4v) is 1.90. The summed E-state index contributed by atoms with van der Waals surface area (Å²) < 4.78 is 0. The highest BCUT2D eigenvalue weighted by Gasteiger charge is 2.15. The number of nitrogens with one attached hydrogen (secondary N) is 2. The summed E-state index contributed by atoms with van der Waals surface area (Å²) in [4.78, 5) is 11.3. The fraction of sp³-hybridized carbons (Fsp3) is 0.143. The van der Waals surface area contributed by atoms with Crippen molar-refractivity contribution in [1.29, 1.82) is 15.8 Å². The van der Waals surface area contributed by atoms with Crippen LogP contribution in [-0.2, 0) is 17.8 Å². The van der Waals surface area contributed by atoms with Crippen LogP contribution >= 0.6 is 0 Å². The van der Waals surface area contributed by atoms with Crippen molar-refractivity contribution in [2.45, 2.75) is 13.0 Å². The van der Waals surface area contributed by atoms with Gasteiger partial charge >= 0.3 is 0 Å². The molecule has 20 heavy (non-hydrogen) atoms. The minimum Gasteiger partial charge on any atom is -0.352 e. The van der Waals surface area contributed by atoms with Crippen LogP contribution in [0.4, 0.5) is 5.69 Å². The van der Waals surface area contributed by atoms with Gasteiger partial charge < -0.3 is 10.6 Å². The zero-order valence-electron chi connectivity index (χ0n) is 10.4. The van der Waals surface area contributed by atoms with E-state index in [-0.39, 0.29) is 23.6 Å². The number of allylic oxidation sites excluding steroid dienone is 2. The van der Waals surface area contributed by atoms with Gasteiger partial charge in [-0.2, -0.15) is 15.8 Å². The van der Waals surface area contributed by atoms with E-state index in [2.05, 4.69) is 10.6 Å². The molecule has 96 valence electrons. The molecule has 0 fully saturated rings. The lowest BCUT2D eigenvalue weighted by Gasteiger charge is -2.17. The molecule has 0 bridgehead atoms. The maximum atomic E-state index is 11.3. The number of anilines is 1. The number of carbonyl (C=O) groups excluding carboxylic acids is 1. The molecule has 1 amide bonds. The Labute approximate surface area is 115 Å². The lowest BCUT2D eigenvalue weighted by atomic mass is 10.00. The van der Waals surface area contributed by atoms with Gasteiger partial charge in [-0.15, -0.1) is 0 Å². The van der Waals surface area contributed by atoms with E-state index >= 15 is 0 Å². The zero-order chi connectivity index (χ0) is 14.5. The molecule has 0 aromatic heterocycles. The topological polar surface area (TPSA) is 112 Å². The number of rotatable bonds is 2. The highest BCUT2D eigenvalue weighted by Crippen LogP contribution is 2.21. The van der Waals surface area contributed by atoms with Crippen molar-refractivity contribution in [1.82, 2.24) is 5.32 Å². The molecule has 6 nitrogen and oxygen atoms in total. The normalized spacial score (nSPS) is 11.9. The van der Waals surface area contributed by atoms with Crippen molar-refractivity contribution < 1.29 is 4.79 Å². The van der Waals surface area contributed by atoms with Crippen LogP contribution < -0.4 is 10.6 Å². The van der Waals surface area contributed by atoms with E-state index in [0.29, 0.717) is 12.2 Å². The molecule has 6 heteroatoms. The van der Waals surface area contributed by atoms with Crippen molar-refractivity contribution >= 4 is 11.6 Å². The Bertz CT molecular complexity index is 711. The van der Waals surface area contributed by atoms with Gasteiger partial charge in [-0.3, -0.25) is 4.79 Å². The fourth-order valence-electron chi connectivity index (χ4n) is 1.90. The molecule has 1 aromatic carbocycles. The summed E-state index contributed by atoms with van der Waals surface area (Å²) in [6.45, 7) is 0.483. The predicted octanol–water partition coefficient (Wildman–Crippen LogP) is 1.10. The minimum atomic E-state index is -0.275. The van der Waals surface area contributed by atoms with E-state index in [4.69, 9.17) is 15.8 Å². The Morgan fingerprint density at radius 1 is 1.15 bits per heavy atom. The zero-order valence-corrected chi connectivity index (χ0v) is 10.4. The number of carbonyl (C=O) groups is 1. The van der Waals surface area contributed by atoms with E-state index in [1.54, 1.807) is 30.3 Å². The van der Waals surface area contributed by atoms with E-state index in [0.717, 1.165) is 11.1 Å². The van der Waals surface area contributed by atoms with Crippen LogP contribution in [-0.4, -0.2) is 5.91 Å². The molecular weight excluding hydrogens is 254 g/mol. The lowest BCUT2D eigenvalue weighted by Crippen LogP contribution is -2.30. The van der Waals surface area contributed by atoms with E-state index in [1.165, 1.54) is 0 Å². The number of nitriles is 3. The van der Waals surface area contributed by atoms with Gasteiger partial charge in [0.2, 0.25) is 5.91 Å². The third-order valence-corrected chi connectivity index (χ3v) is 2.89. The molecule has 2 N–H and O–H groups in total. The Kier molecular flexibility index (Phi) is 3.65. The number of benzene rings is 1. The van der Waals surface area contributed by atoms with E-state index < -0.39 is 0 Å². The predicted molar refractivity (Wildman–Crippen MR) is 69.5 cm³/mol. The minimum absolute atomic E-state index is 0.0552. The van der Waals surface area contributed by atoms with Gasteiger partial charge in [0, 0.05) is 12.2 Å². The number of fused-ring (bicyclic) bond motifs is 1. The highest BCUT2D eigenvalue weighted by molar-refractivity contribution is 5.81. The first-order chi connectivity index (χ1) is 9.67. The van der Waals surface area contributed by atoms with Gasteiger partial charge in [-0.1, -0.05) is 6.07 Å². The smallest absolute Gasteiger partial charge is 0.224 e. The molecule has 0 radical (unpaired) electrons. The summed E-state index contributed by atoms with van der Waals surface area (Å²) in [7, 11) is 0. The SMILES string of the molecule is N#CC(C#N)=C(C#N)Nc1ccc2c(c1)CC(=O)NC2. The Morgan fingerprint density at radius 2 is 1.90 bits per heavy atom. The molecule has 0 saturated heterocycles.